The Balaban J connectivity index is 2.68. The molecule has 1 aromatic heterocycles. The highest BCUT2D eigenvalue weighted by Crippen LogP contribution is 2.28. The van der Waals surface area contributed by atoms with Crippen LogP contribution in [-0.2, 0) is 17.1 Å². The number of nitrogens with two attached hydrogens (primary N) is 1. The molecule has 0 bridgehead atoms. The number of nitrogens with one attached hydrogen (secondary N) is 1. The SMILES string of the molecule is Cc1c(S(=O)(=O)NCCN)c2ccccc2n1C. The third-order valence-electron chi connectivity index (χ3n) is 3.05. The Bertz CT molecular complexity index is 674. The lowest BCUT2D eigenvalue weighted by molar-refractivity contribution is 0.582. The molecule has 0 fully saturated rings. The van der Waals surface area contributed by atoms with Gasteiger partial charge in [0.25, 0.3) is 0 Å². The molecule has 6 heteroatoms. The molecule has 98 valence electrons. The molecule has 0 aliphatic heterocycles. The van der Waals surface area contributed by atoms with E-state index in [2.05, 4.69) is 4.72 Å². The molecule has 0 amide bonds. The summed E-state index contributed by atoms with van der Waals surface area (Å²) in [7, 11) is -1.65. The largest absolute Gasteiger partial charge is 0.347 e. The highest BCUT2D eigenvalue weighted by Gasteiger charge is 2.23. The lowest BCUT2D eigenvalue weighted by Gasteiger charge is -2.06. The fourth-order valence-electron chi connectivity index (χ4n) is 2.09. The zero-order chi connectivity index (χ0) is 13.3. The Morgan fingerprint density at radius 1 is 1.33 bits per heavy atom. The van der Waals surface area contributed by atoms with E-state index in [0.717, 1.165) is 16.6 Å². The summed E-state index contributed by atoms with van der Waals surface area (Å²) in [6.45, 7) is 2.32. The van der Waals surface area contributed by atoms with Crippen LogP contribution in [0.4, 0.5) is 0 Å². The summed E-state index contributed by atoms with van der Waals surface area (Å²) in [6.07, 6.45) is 0. The summed E-state index contributed by atoms with van der Waals surface area (Å²) in [4.78, 5) is 0.342. The van der Waals surface area contributed by atoms with Crippen molar-refractivity contribution in [1.29, 1.82) is 0 Å². The van der Waals surface area contributed by atoms with Crippen molar-refractivity contribution in [3.63, 3.8) is 0 Å². The van der Waals surface area contributed by atoms with Crippen molar-refractivity contribution in [1.82, 2.24) is 9.29 Å². The van der Waals surface area contributed by atoms with E-state index in [1.807, 2.05) is 35.9 Å². The molecule has 0 saturated heterocycles. The summed E-state index contributed by atoms with van der Waals surface area (Å²) in [5.74, 6) is 0. The zero-order valence-corrected chi connectivity index (χ0v) is 11.3. The molecule has 0 atom stereocenters. The predicted octanol–water partition coefficient (Wildman–Crippen LogP) is 0.724. The number of hydrogen-bond donors (Lipinski definition) is 2. The molecule has 0 saturated carbocycles. The van der Waals surface area contributed by atoms with E-state index >= 15 is 0 Å². The van der Waals surface area contributed by atoms with Crippen molar-refractivity contribution >= 4 is 20.9 Å². The smallest absolute Gasteiger partial charge is 0.243 e. The zero-order valence-electron chi connectivity index (χ0n) is 10.5. The van der Waals surface area contributed by atoms with E-state index < -0.39 is 10.0 Å². The minimum atomic E-state index is -3.51. The molecular formula is C12H17N3O2S. The number of nitrogens with zero attached hydrogens (tertiary/aromatic N) is 1. The van der Waals surface area contributed by atoms with Crippen molar-refractivity contribution in [3.05, 3.63) is 30.0 Å². The summed E-state index contributed by atoms with van der Waals surface area (Å²) in [6, 6.07) is 7.46. The molecule has 3 N–H and O–H groups in total. The second-order valence-corrected chi connectivity index (χ2v) is 5.88. The van der Waals surface area contributed by atoms with Crippen LogP contribution in [0.25, 0.3) is 10.9 Å². The summed E-state index contributed by atoms with van der Waals surface area (Å²) >= 11 is 0. The van der Waals surface area contributed by atoms with Crippen molar-refractivity contribution in [2.24, 2.45) is 12.8 Å². The van der Waals surface area contributed by atoms with E-state index in [1.165, 1.54) is 0 Å². The second-order valence-electron chi connectivity index (χ2n) is 4.18. The van der Waals surface area contributed by atoms with Crippen LogP contribution in [0.15, 0.2) is 29.2 Å². The average molecular weight is 267 g/mol. The highest BCUT2D eigenvalue weighted by atomic mass is 32.2. The van der Waals surface area contributed by atoms with E-state index in [1.54, 1.807) is 6.92 Å². The maximum absolute atomic E-state index is 12.3. The van der Waals surface area contributed by atoms with Gasteiger partial charge in [-0.25, -0.2) is 13.1 Å². The first kappa shape index (κ1) is 13.1. The Morgan fingerprint density at radius 3 is 2.67 bits per heavy atom. The Hall–Kier alpha value is -1.37. The molecule has 0 aliphatic carbocycles. The van der Waals surface area contributed by atoms with Gasteiger partial charge >= 0.3 is 0 Å². The molecule has 18 heavy (non-hydrogen) atoms. The lowest BCUT2D eigenvalue weighted by Crippen LogP contribution is -2.29. The molecule has 2 aromatic rings. The average Bonchev–Trinajstić information content (AvgIpc) is 2.61. The van der Waals surface area contributed by atoms with Gasteiger partial charge in [-0.15, -0.1) is 0 Å². The summed E-state index contributed by atoms with van der Waals surface area (Å²) < 4.78 is 28.9. The third kappa shape index (κ3) is 2.03. The van der Waals surface area contributed by atoms with Crippen molar-refractivity contribution in [2.75, 3.05) is 13.1 Å². The molecule has 0 aliphatic rings. The fraction of sp³-hybridized carbons (Fsp3) is 0.333. The standard InChI is InChI=1S/C12H17N3O2S/c1-9-12(18(16,17)14-8-7-13)10-5-3-4-6-11(10)15(9)2/h3-6,14H,7-8,13H2,1-2H3. The van der Waals surface area contributed by atoms with Gasteiger partial charge in [0.15, 0.2) is 0 Å². The molecule has 1 heterocycles. The van der Waals surface area contributed by atoms with Gasteiger partial charge in [-0.3, -0.25) is 0 Å². The van der Waals surface area contributed by atoms with Crippen LogP contribution in [0.1, 0.15) is 5.69 Å². The fourth-order valence-corrected chi connectivity index (χ4v) is 3.61. The Morgan fingerprint density at radius 2 is 2.00 bits per heavy atom. The number of aromatic nitrogens is 1. The quantitative estimate of drug-likeness (QED) is 0.857. The van der Waals surface area contributed by atoms with Crippen molar-refractivity contribution in [2.45, 2.75) is 11.8 Å². The van der Waals surface area contributed by atoms with Crippen LogP contribution >= 0.6 is 0 Å². The van der Waals surface area contributed by atoms with Crippen molar-refractivity contribution < 1.29 is 8.42 Å². The molecule has 1 aromatic carbocycles. The number of rotatable bonds is 4. The Kier molecular flexibility index (Phi) is 3.43. The van der Waals surface area contributed by atoms with Gasteiger partial charge in [-0.05, 0) is 13.0 Å². The van der Waals surface area contributed by atoms with Crippen LogP contribution in [0.5, 0.6) is 0 Å². The van der Waals surface area contributed by atoms with Gasteiger partial charge in [0.1, 0.15) is 4.90 Å². The van der Waals surface area contributed by atoms with Crippen LogP contribution in [0, 0.1) is 6.92 Å². The summed E-state index contributed by atoms with van der Waals surface area (Å²) in [5, 5.41) is 0.738. The van der Waals surface area contributed by atoms with Crippen LogP contribution in [0.2, 0.25) is 0 Å². The van der Waals surface area contributed by atoms with Gasteiger partial charge in [-0.2, -0.15) is 0 Å². The van der Waals surface area contributed by atoms with Crippen molar-refractivity contribution in [3.8, 4) is 0 Å². The number of benzene rings is 1. The Labute approximate surface area is 107 Å². The first-order valence-corrected chi connectivity index (χ1v) is 7.21. The second kappa shape index (κ2) is 4.72. The van der Waals surface area contributed by atoms with E-state index in [0.29, 0.717) is 4.90 Å². The first-order chi connectivity index (χ1) is 8.49. The van der Waals surface area contributed by atoms with E-state index in [9.17, 15) is 8.42 Å². The number of hydrogen-bond acceptors (Lipinski definition) is 3. The minimum absolute atomic E-state index is 0.241. The van der Waals surface area contributed by atoms with E-state index in [4.69, 9.17) is 5.73 Å². The monoisotopic (exact) mass is 267 g/mol. The van der Waals surface area contributed by atoms with Gasteiger partial charge in [-0.1, -0.05) is 18.2 Å². The molecule has 0 spiro atoms. The van der Waals surface area contributed by atoms with Crippen LogP contribution in [0.3, 0.4) is 0 Å². The first-order valence-electron chi connectivity index (χ1n) is 5.73. The topological polar surface area (TPSA) is 77.1 Å². The highest BCUT2D eigenvalue weighted by molar-refractivity contribution is 7.89. The maximum Gasteiger partial charge on any atom is 0.243 e. The maximum atomic E-state index is 12.3. The third-order valence-corrected chi connectivity index (χ3v) is 4.68. The minimum Gasteiger partial charge on any atom is -0.347 e. The van der Waals surface area contributed by atoms with Gasteiger partial charge < -0.3 is 10.3 Å². The number of aryl methyl sites for hydroxylation is 1. The number of sulfonamides is 1. The van der Waals surface area contributed by atoms with Gasteiger partial charge in [0, 0.05) is 36.7 Å². The van der Waals surface area contributed by atoms with Crippen LogP contribution in [-0.4, -0.2) is 26.1 Å². The van der Waals surface area contributed by atoms with Crippen LogP contribution < -0.4 is 10.5 Å². The lowest BCUT2D eigenvalue weighted by atomic mass is 10.2. The molecule has 0 radical (unpaired) electrons. The number of fused-ring (bicyclic) bond motifs is 1. The molecular weight excluding hydrogens is 250 g/mol. The molecule has 2 rings (SSSR count). The van der Waals surface area contributed by atoms with Gasteiger partial charge in [0.05, 0.1) is 0 Å². The molecule has 0 unspecified atom stereocenters. The predicted molar refractivity (Wildman–Crippen MR) is 71.9 cm³/mol. The number of para-hydroxylation sites is 1. The van der Waals surface area contributed by atoms with E-state index in [-0.39, 0.29) is 13.1 Å². The van der Waals surface area contributed by atoms with Gasteiger partial charge in [0.2, 0.25) is 10.0 Å². The normalized spacial score (nSPS) is 12.2. The summed E-state index contributed by atoms with van der Waals surface area (Å²) in [5.41, 5.74) is 6.97. The molecule has 5 nitrogen and oxygen atoms in total.